The molecule has 1 unspecified atom stereocenters. The molecule has 1 aliphatic heterocycles. The van der Waals surface area contributed by atoms with Crippen LogP contribution in [-0.2, 0) is 16.1 Å². The molecule has 1 aromatic heterocycles. The Morgan fingerprint density at radius 2 is 1.67 bits per heavy atom. The highest BCUT2D eigenvalue weighted by Crippen LogP contribution is 2.19. The second-order valence-corrected chi connectivity index (χ2v) is 7.88. The van der Waals surface area contributed by atoms with Gasteiger partial charge >= 0.3 is 0 Å². The number of nitrogens with one attached hydrogen (secondary N) is 2. The standard InChI is InChI=1S/C23H31N5O2/c1-17-5-4-6-18(2)22(17)26-21(29)15-25-23(30)19(3)28-13-11-27(12-14-28)16-20-7-9-24-10-8-20/h4-10,19H,11-16H2,1-3H3,(H,25,30)(H,26,29). The molecule has 1 fully saturated rings. The fourth-order valence-corrected chi connectivity index (χ4v) is 3.73. The molecule has 0 aliphatic carbocycles. The van der Waals surface area contributed by atoms with Gasteiger partial charge in [-0.15, -0.1) is 0 Å². The van der Waals surface area contributed by atoms with Crippen molar-refractivity contribution in [2.45, 2.75) is 33.4 Å². The lowest BCUT2D eigenvalue weighted by atomic mass is 10.1. The normalized spacial score (nSPS) is 16.1. The Hall–Kier alpha value is -2.77. The molecule has 1 aromatic carbocycles. The van der Waals surface area contributed by atoms with Gasteiger partial charge in [-0.3, -0.25) is 24.4 Å². The van der Waals surface area contributed by atoms with E-state index in [-0.39, 0.29) is 24.4 Å². The first-order valence-electron chi connectivity index (χ1n) is 10.4. The SMILES string of the molecule is Cc1cccc(C)c1NC(=O)CNC(=O)C(C)N1CCN(Cc2ccncc2)CC1. The predicted molar refractivity (Wildman–Crippen MR) is 118 cm³/mol. The number of hydrogen-bond donors (Lipinski definition) is 2. The highest BCUT2D eigenvalue weighted by atomic mass is 16.2. The van der Waals surface area contributed by atoms with Crippen LogP contribution in [0.1, 0.15) is 23.6 Å². The average molecular weight is 410 g/mol. The number of pyridine rings is 1. The fourth-order valence-electron chi connectivity index (χ4n) is 3.73. The van der Waals surface area contributed by atoms with E-state index in [4.69, 9.17) is 0 Å². The number of piperazine rings is 1. The number of rotatable bonds is 7. The van der Waals surface area contributed by atoms with Gasteiger partial charge in [0.1, 0.15) is 0 Å². The first-order chi connectivity index (χ1) is 14.4. The third-order valence-corrected chi connectivity index (χ3v) is 5.66. The molecule has 1 saturated heterocycles. The van der Waals surface area contributed by atoms with E-state index in [1.807, 2.05) is 63.5 Å². The summed E-state index contributed by atoms with van der Waals surface area (Å²) in [5.41, 5.74) is 4.08. The zero-order chi connectivity index (χ0) is 21.5. The molecule has 2 aromatic rings. The summed E-state index contributed by atoms with van der Waals surface area (Å²) in [6, 6.07) is 9.68. The first kappa shape index (κ1) is 21.9. The molecule has 0 spiro atoms. The Kier molecular flexibility index (Phi) is 7.54. The summed E-state index contributed by atoms with van der Waals surface area (Å²) in [7, 11) is 0. The molecule has 0 saturated carbocycles. The monoisotopic (exact) mass is 409 g/mol. The number of hydrogen-bond acceptors (Lipinski definition) is 5. The van der Waals surface area contributed by atoms with Crippen LogP contribution in [0.3, 0.4) is 0 Å². The molecule has 2 heterocycles. The van der Waals surface area contributed by atoms with Crippen LogP contribution in [0, 0.1) is 13.8 Å². The highest BCUT2D eigenvalue weighted by molar-refractivity contribution is 5.96. The molecule has 0 bridgehead atoms. The van der Waals surface area contributed by atoms with Gasteiger partial charge in [0.05, 0.1) is 12.6 Å². The minimum Gasteiger partial charge on any atom is -0.346 e. The average Bonchev–Trinajstić information content (AvgIpc) is 2.75. The second kappa shape index (κ2) is 10.3. The number of aromatic nitrogens is 1. The minimum atomic E-state index is -0.263. The second-order valence-electron chi connectivity index (χ2n) is 7.88. The van der Waals surface area contributed by atoms with Crippen molar-refractivity contribution in [2.24, 2.45) is 0 Å². The Morgan fingerprint density at radius 1 is 1.03 bits per heavy atom. The molecule has 3 rings (SSSR count). The Labute approximate surface area is 178 Å². The number of aryl methyl sites for hydroxylation is 2. The number of para-hydroxylation sites is 1. The van der Waals surface area contributed by atoms with Crippen LogP contribution in [0.15, 0.2) is 42.7 Å². The minimum absolute atomic E-state index is 0.0288. The third-order valence-electron chi connectivity index (χ3n) is 5.66. The van der Waals surface area contributed by atoms with Gasteiger partial charge < -0.3 is 10.6 Å². The van der Waals surface area contributed by atoms with Crippen molar-refractivity contribution in [1.82, 2.24) is 20.1 Å². The van der Waals surface area contributed by atoms with E-state index in [1.54, 1.807) is 0 Å². The molecule has 1 aliphatic rings. The van der Waals surface area contributed by atoms with Crippen molar-refractivity contribution < 1.29 is 9.59 Å². The van der Waals surface area contributed by atoms with E-state index in [0.29, 0.717) is 0 Å². The third kappa shape index (κ3) is 5.87. The maximum atomic E-state index is 12.6. The highest BCUT2D eigenvalue weighted by Gasteiger charge is 2.25. The van der Waals surface area contributed by atoms with Crippen molar-refractivity contribution in [3.63, 3.8) is 0 Å². The van der Waals surface area contributed by atoms with Gasteiger partial charge in [0.15, 0.2) is 0 Å². The van der Waals surface area contributed by atoms with Crippen LogP contribution >= 0.6 is 0 Å². The largest absolute Gasteiger partial charge is 0.346 e. The fraction of sp³-hybridized carbons (Fsp3) is 0.435. The molecule has 1 atom stereocenters. The summed E-state index contributed by atoms with van der Waals surface area (Å²) >= 11 is 0. The van der Waals surface area contributed by atoms with Crippen LogP contribution in [0.2, 0.25) is 0 Å². The number of nitrogens with zero attached hydrogens (tertiary/aromatic N) is 3. The van der Waals surface area contributed by atoms with Gasteiger partial charge in [-0.2, -0.15) is 0 Å². The van der Waals surface area contributed by atoms with Crippen molar-refractivity contribution >= 4 is 17.5 Å². The summed E-state index contributed by atoms with van der Waals surface area (Å²) in [6.45, 7) is 10.2. The van der Waals surface area contributed by atoms with Gasteiger partial charge in [-0.1, -0.05) is 18.2 Å². The smallest absolute Gasteiger partial charge is 0.243 e. The quantitative estimate of drug-likeness (QED) is 0.731. The lowest BCUT2D eigenvalue weighted by Crippen LogP contribution is -2.54. The topological polar surface area (TPSA) is 77.6 Å². The first-order valence-corrected chi connectivity index (χ1v) is 10.4. The number of carbonyl (C=O) groups is 2. The van der Waals surface area contributed by atoms with Crippen LogP contribution in [0.5, 0.6) is 0 Å². The molecule has 2 N–H and O–H groups in total. The molecule has 7 heteroatoms. The maximum absolute atomic E-state index is 12.6. The van der Waals surface area contributed by atoms with E-state index in [2.05, 4.69) is 25.4 Å². The van der Waals surface area contributed by atoms with E-state index < -0.39 is 0 Å². The van der Waals surface area contributed by atoms with Crippen molar-refractivity contribution in [1.29, 1.82) is 0 Å². The summed E-state index contributed by atoms with van der Waals surface area (Å²) in [6.07, 6.45) is 3.63. The van der Waals surface area contributed by atoms with Gasteiger partial charge in [-0.25, -0.2) is 0 Å². The van der Waals surface area contributed by atoms with Gasteiger partial charge in [0, 0.05) is 50.8 Å². The Bertz CT molecular complexity index is 843. The molecule has 30 heavy (non-hydrogen) atoms. The van der Waals surface area contributed by atoms with Crippen LogP contribution in [0.4, 0.5) is 5.69 Å². The number of amides is 2. The predicted octanol–water partition coefficient (Wildman–Crippen LogP) is 1.96. The summed E-state index contributed by atoms with van der Waals surface area (Å²) in [5, 5.41) is 5.68. The molecular weight excluding hydrogens is 378 g/mol. The molecule has 2 amide bonds. The summed E-state index contributed by atoms with van der Waals surface area (Å²) < 4.78 is 0. The zero-order valence-electron chi connectivity index (χ0n) is 18.0. The van der Waals surface area contributed by atoms with Crippen LogP contribution < -0.4 is 10.6 Å². The van der Waals surface area contributed by atoms with Gasteiger partial charge in [-0.05, 0) is 49.6 Å². The van der Waals surface area contributed by atoms with Crippen molar-refractivity contribution in [3.8, 4) is 0 Å². The number of anilines is 1. The molecule has 7 nitrogen and oxygen atoms in total. The van der Waals surface area contributed by atoms with Crippen molar-refractivity contribution in [3.05, 3.63) is 59.4 Å². The van der Waals surface area contributed by atoms with E-state index in [1.165, 1.54) is 5.56 Å². The zero-order valence-corrected chi connectivity index (χ0v) is 18.0. The lowest BCUT2D eigenvalue weighted by Gasteiger charge is -2.37. The van der Waals surface area contributed by atoms with E-state index in [9.17, 15) is 9.59 Å². The molecule has 160 valence electrons. The van der Waals surface area contributed by atoms with E-state index >= 15 is 0 Å². The maximum Gasteiger partial charge on any atom is 0.243 e. The van der Waals surface area contributed by atoms with Crippen LogP contribution in [-0.4, -0.2) is 65.4 Å². The van der Waals surface area contributed by atoms with Crippen LogP contribution in [0.25, 0.3) is 0 Å². The molecular formula is C23H31N5O2. The van der Waals surface area contributed by atoms with E-state index in [0.717, 1.165) is 49.5 Å². The number of benzene rings is 1. The van der Waals surface area contributed by atoms with Crippen molar-refractivity contribution in [2.75, 3.05) is 38.0 Å². The summed E-state index contributed by atoms with van der Waals surface area (Å²) in [5.74, 6) is -0.329. The number of carbonyl (C=O) groups excluding carboxylic acids is 2. The Balaban J connectivity index is 1.42. The van der Waals surface area contributed by atoms with Gasteiger partial charge in [0.25, 0.3) is 0 Å². The molecule has 0 radical (unpaired) electrons. The lowest BCUT2D eigenvalue weighted by molar-refractivity contribution is -0.128. The van der Waals surface area contributed by atoms with Gasteiger partial charge in [0.2, 0.25) is 11.8 Å². The Morgan fingerprint density at radius 3 is 2.30 bits per heavy atom. The summed E-state index contributed by atoms with van der Waals surface area (Å²) in [4.78, 5) is 33.4.